The molecule has 21 heavy (non-hydrogen) atoms. The molecule has 0 amide bonds. The summed E-state index contributed by atoms with van der Waals surface area (Å²) in [4.78, 5) is 10.3. The van der Waals surface area contributed by atoms with Crippen molar-refractivity contribution in [3.8, 4) is 0 Å². The Labute approximate surface area is 126 Å². The van der Waals surface area contributed by atoms with Crippen LogP contribution < -0.4 is 11.3 Å². The molecule has 0 aliphatic heterocycles. The molecule has 0 saturated carbocycles. The Bertz CT molecular complexity index is 649. The van der Waals surface area contributed by atoms with Gasteiger partial charge in [-0.1, -0.05) is 29.8 Å². The molecule has 0 aromatic heterocycles. The lowest BCUT2D eigenvalue weighted by atomic mass is 10.1. The number of rotatable bonds is 6. The van der Waals surface area contributed by atoms with Crippen LogP contribution in [0.4, 0.5) is 11.4 Å². The summed E-state index contributed by atoms with van der Waals surface area (Å²) in [6, 6.07) is 11.7. The summed E-state index contributed by atoms with van der Waals surface area (Å²) < 4.78 is 5.56. The highest BCUT2D eigenvalue weighted by Gasteiger charge is 2.10. The number of nitrogens with one attached hydrogen (secondary N) is 1. The Morgan fingerprint density at radius 1 is 1.19 bits per heavy atom. The van der Waals surface area contributed by atoms with E-state index < -0.39 is 4.92 Å². The van der Waals surface area contributed by atoms with Crippen LogP contribution in [0.15, 0.2) is 42.5 Å². The summed E-state index contributed by atoms with van der Waals surface area (Å²) >= 11 is 6.03. The molecule has 110 valence electrons. The van der Waals surface area contributed by atoms with Crippen LogP contribution in [-0.2, 0) is 18.0 Å². The van der Waals surface area contributed by atoms with E-state index in [9.17, 15) is 10.1 Å². The maximum Gasteiger partial charge on any atom is 0.269 e. The van der Waals surface area contributed by atoms with Crippen molar-refractivity contribution in [1.82, 2.24) is 0 Å². The summed E-state index contributed by atoms with van der Waals surface area (Å²) in [6.45, 7) is 0.499. The summed E-state index contributed by atoms with van der Waals surface area (Å²) in [5.74, 6) is 5.39. The highest BCUT2D eigenvalue weighted by atomic mass is 35.5. The zero-order valence-corrected chi connectivity index (χ0v) is 11.8. The zero-order valence-electron chi connectivity index (χ0n) is 11.1. The van der Waals surface area contributed by atoms with Crippen LogP contribution in [-0.4, -0.2) is 4.92 Å². The maximum atomic E-state index is 10.8. The molecule has 0 atom stereocenters. The first-order chi connectivity index (χ1) is 10.1. The Balaban J connectivity index is 2.07. The molecule has 0 heterocycles. The number of hydrogen-bond acceptors (Lipinski definition) is 5. The molecule has 7 heteroatoms. The number of nitro benzene ring substituents is 1. The van der Waals surface area contributed by atoms with E-state index in [0.717, 1.165) is 5.56 Å². The number of nitrogens with two attached hydrogens (primary N) is 1. The third kappa shape index (κ3) is 3.91. The predicted molar refractivity (Wildman–Crippen MR) is 80.9 cm³/mol. The predicted octanol–water partition coefficient (Wildman–Crippen LogP) is 3.25. The van der Waals surface area contributed by atoms with Gasteiger partial charge in [-0.15, -0.1) is 0 Å². The number of hydrazine groups is 1. The Kier molecular flexibility index (Phi) is 5.10. The minimum atomic E-state index is -0.460. The van der Waals surface area contributed by atoms with Crippen molar-refractivity contribution in [2.24, 2.45) is 5.84 Å². The lowest BCUT2D eigenvalue weighted by molar-refractivity contribution is -0.384. The van der Waals surface area contributed by atoms with Gasteiger partial charge in [0.05, 0.1) is 23.8 Å². The standard InChI is InChI=1S/C14H14ClN3O3/c15-13-4-2-1-3-10(13)8-21-9-11-7-12(18(19)20)5-6-14(11)17-16/h1-7,17H,8-9,16H2. The van der Waals surface area contributed by atoms with E-state index in [1.807, 2.05) is 18.2 Å². The van der Waals surface area contributed by atoms with E-state index >= 15 is 0 Å². The molecule has 0 fully saturated rings. The number of hydrogen-bond donors (Lipinski definition) is 2. The van der Waals surface area contributed by atoms with Gasteiger partial charge in [0.2, 0.25) is 0 Å². The summed E-state index contributed by atoms with van der Waals surface area (Å²) in [7, 11) is 0. The van der Waals surface area contributed by atoms with E-state index in [4.69, 9.17) is 22.2 Å². The Morgan fingerprint density at radius 3 is 2.57 bits per heavy atom. The van der Waals surface area contributed by atoms with E-state index in [1.165, 1.54) is 12.1 Å². The first-order valence-corrected chi connectivity index (χ1v) is 6.54. The second kappa shape index (κ2) is 7.03. The number of halogens is 1. The van der Waals surface area contributed by atoms with Gasteiger partial charge in [-0.2, -0.15) is 0 Å². The number of ether oxygens (including phenoxy) is 1. The molecule has 6 nitrogen and oxygen atoms in total. The molecule has 2 rings (SSSR count). The normalized spacial score (nSPS) is 10.4. The van der Waals surface area contributed by atoms with Crippen molar-refractivity contribution in [2.45, 2.75) is 13.2 Å². The fourth-order valence-electron chi connectivity index (χ4n) is 1.84. The molecule has 2 aromatic rings. The fraction of sp³-hybridized carbons (Fsp3) is 0.143. The largest absolute Gasteiger partial charge is 0.372 e. The monoisotopic (exact) mass is 307 g/mol. The highest BCUT2D eigenvalue weighted by molar-refractivity contribution is 6.31. The van der Waals surface area contributed by atoms with Crippen LogP contribution in [0.1, 0.15) is 11.1 Å². The number of nitro groups is 1. The zero-order chi connectivity index (χ0) is 15.2. The van der Waals surface area contributed by atoms with Gasteiger partial charge in [-0.3, -0.25) is 16.0 Å². The van der Waals surface area contributed by atoms with Gasteiger partial charge >= 0.3 is 0 Å². The van der Waals surface area contributed by atoms with Crippen LogP contribution >= 0.6 is 11.6 Å². The third-order valence-electron chi connectivity index (χ3n) is 2.93. The van der Waals surface area contributed by atoms with E-state index in [2.05, 4.69) is 5.43 Å². The van der Waals surface area contributed by atoms with Crippen LogP contribution in [0.5, 0.6) is 0 Å². The summed E-state index contributed by atoms with van der Waals surface area (Å²) in [6.07, 6.45) is 0. The van der Waals surface area contributed by atoms with E-state index in [0.29, 0.717) is 22.9 Å². The number of nitrogens with zero attached hydrogens (tertiary/aromatic N) is 1. The second-order valence-electron chi connectivity index (χ2n) is 4.33. The van der Waals surface area contributed by atoms with Gasteiger partial charge in [0.15, 0.2) is 0 Å². The van der Waals surface area contributed by atoms with Crippen LogP contribution in [0, 0.1) is 10.1 Å². The topological polar surface area (TPSA) is 90.4 Å². The minimum absolute atomic E-state index is 0.00894. The van der Waals surface area contributed by atoms with Gasteiger partial charge in [0.1, 0.15) is 0 Å². The molecule has 0 aliphatic carbocycles. The quantitative estimate of drug-likeness (QED) is 0.485. The minimum Gasteiger partial charge on any atom is -0.372 e. The highest BCUT2D eigenvalue weighted by Crippen LogP contribution is 2.23. The van der Waals surface area contributed by atoms with E-state index in [-0.39, 0.29) is 12.3 Å². The lowest BCUT2D eigenvalue weighted by Gasteiger charge is -2.10. The Hall–Kier alpha value is -2.15. The van der Waals surface area contributed by atoms with Gasteiger partial charge in [-0.05, 0) is 17.7 Å². The summed E-state index contributed by atoms with van der Waals surface area (Å²) in [5, 5.41) is 11.4. The average molecular weight is 308 g/mol. The molecule has 0 spiro atoms. The van der Waals surface area contributed by atoms with E-state index in [1.54, 1.807) is 12.1 Å². The Morgan fingerprint density at radius 2 is 1.90 bits per heavy atom. The van der Waals surface area contributed by atoms with Crippen LogP contribution in [0.3, 0.4) is 0 Å². The van der Waals surface area contributed by atoms with Crippen LogP contribution in [0.25, 0.3) is 0 Å². The molecular weight excluding hydrogens is 294 g/mol. The lowest BCUT2D eigenvalue weighted by Crippen LogP contribution is -2.10. The molecule has 3 N–H and O–H groups in total. The van der Waals surface area contributed by atoms with Crippen molar-refractivity contribution in [3.05, 3.63) is 68.7 Å². The fourth-order valence-corrected chi connectivity index (χ4v) is 2.03. The average Bonchev–Trinajstić information content (AvgIpc) is 2.49. The summed E-state index contributed by atoms with van der Waals surface area (Å²) in [5.41, 5.74) is 4.53. The number of benzene rings is 2. The first kappa shape index (κ1) is 15.2. The van der Waals surface area contributed by atoms with Crippen molar-refractivity contribution in [3.63, 3.8) is 0 Å². The molecule has 0 aliphatic rings. The van der Waals surface area contributed by atoms with Gasteiger partial charge in [-0.25, -0.2) is 0 Å². The van der Waals surface area contributed by atoms with Gasteiger partial charge in [0, 0.05) is 22.7 Å². The SMILES string of the molecule is NNc1ccc([N+](=O)[O-])cc1COCc1ccccc1Cl. The molecular formula is C14H14ClN3O3. The number of anilines is 1. The molecule has 0 unspecified atom stereocenters. The van der Waals surface area contributed by atoms with Gasteiger partial charge in [0.25, 0.3) is 5.69 Å². The second-order valence-corrected chi connectivity index (χ2v) is 4.73. The van der Waals surface area contributed by atoms with Crippen molar-refractivity contribution >= 4 is 23.0 Å². The van der Waals surface area contributed by atoms with Crippen LogP contribution in [0.2, 0.25) is 5.02 Å². The molecule has 0 radical (unpaired) electrons. The molecule has 0 bridgehead atoms. The molecule has 2 aromatic carbocycles. The van der Waals surface area contributed by atoms with Crippen molar-refractivity contribution in [2.75, 3.05) is 5.43 Å². The first-order valence-electron chi connectivity index (χ1n) is 6.17. The molecule has 0 saturated heterocycles. The van der Waals surface area contributed by atoms with Crippen molar-refractivity contribution < 1.29 is 9.66 Å². The van der Waals surface area contributed by atoms with Gasteiger partial charge < -0.3 is 10.2 Å². The maximum absolute atomic E-state index is 10.8. The third-order valence-corrected chi connectivity index (χ3v) is 3.30. The number of nitrogen functional groups attached to an aromatic ring is 1. The number of non-ortho nitro benzene ring substituents is 1. The smallest absolute Gasteiger partial charge is 0.269 e. The van der Waals surface area contributed by atoms with Crippen molar-refractivity contribution in [1.29, 1.82) is 0 Å².